The van der Waals surface area contributed by atoms with E-state index in [0.717, 1.165) is 16.2 Å². The molecule has 1 aromatic heterocycles. The Kier molecular flexibility index (Phi) is 3.65. The summed E-state index contributed by atoms with van der Waals surface area (Å²) in [5.41, 5.74) is 5.75. The normalized spacial score (nSPS) is 11.4. The van der Waals surface area contributed by atoms with E-state index in [1.165, 1.54) is 30.3 Å². The minimum atomic E-state index is -3.62. The van der Waals surface area contributed by atoms with Crippen molar-refractivity contribution in [1.29, 1.82) is 0 Å². The molecule has 2 aromatic rings. The molecule has 0 saturated carbocycles. The van der Waals surface area contributed by atoms with Crippen LogP contribution in [0.1, 0.15) is 4.88 Å². The molecule has 1 heterocycles. The second-order valence-electron chi connectivity index (χ2n) is 3.54. The predicted molar refractivity (Wildman–Crippen MR) is 69.4 cm³/mol. The summed E-state index contributed by atoms with van der Waals surface area (Å²) in [6.45, 7) is 0.302. The summed E-state index contributed by atoms with van der Waals surface area (Å²) in [4.78, 5) is 0.787. The van der Waals surface area contributed by atoms with Crippen molar-refractivity contribution in [2.24, 2.45) is 5.73 Å². The third kappa shape index (κ3) is 2.87. The second kappa shape index (κ2) is 5.05. The van der Waals surface area contributed by atoms with Crippen molar-refractivity contribution in [1.82, 2.24) is 0 Å². The highest BCUT2D eigenvalue weighted by Gasteiger charge is 2.16. The maximum atomic E-state index is 12.7. The first-order valence-electron chi connectivity index (χ1n) is 5.08. The van der Waals surface area contributed by atoms with Crippen LogP contribution < -0.4 is 10.5 Å². The summed E-state index contributed by atoms with van der Waals surface area (Å²) in [5.74, 6) is -0.417. The van der Waals surface area contributed by atoms with E-state index in [1.54, 1.807) is 6.07 Å². The molecule has 0 aliphatic rings. The molecule has 3 N–H and O–H groups in total. The van der Waals surface area contributed by atoms with Crippen LogP contribution in [0.3, 0.4) is 0 Å². The molecular formula is C11H11FN2O2S2. The Labute approximate surface area is 108 Å². The van der Waals surface area contributed by atoms with Crippen LogP contribution in [0.25, 0.3) is 0 Å². The largest absolute Gasteiger partial charge is 0.326 e. The van der Waals surface area contributed by atoms with Crippen LogP contribution in [0.15, 0.2) is 40.6 Å². The number of rotatable bonds is 4. The van der Waals surface area contributed by atoms with E-state index in [0.29, 0.717) is 12.2 Å². The van der Waals surface area contributed by atoms with Crippen molar-refractivity contribution in [2.45, 2.75) is 10.8 Å². The zero-order valence-electron chi connectivity index (χ0n) is 9.26. The van der Waals surface area contributed by atoms with E-state index in [1.807, 2.05) is 0 Å². The third-order valence-electron chi connectivity index (χ3n) is 2.20. The number of anilines is 1. The van der Waals surface area contributed by atoms with Gasteiger partial charge in [0, 0.05) is 17.1 Å². The summed E-state index contributed by atoms with van der Waals surface area (Å²) in [7, 11) is -3.62. The first kappa shape index (κ1) is 13.0. The topological polar surface area (TPSA) is 72.2 Å². The molecule has 7 heteroatoms. The Hall–Kier alpha value is -1.44. The summed E-state index contributed by atoms with van der Waals surface area (Å²) in [6.07, 6.45) is 0. The number of sulfonamides is 1. The fourth-order valence-electron chi connectivity index (χ4n) is 1.34. The lowest BCUT2D eigenvalue weighted by Crippen LogP contribution is -2.11. The monoisotopic (exact) mass is 286 g/mol. The minimum absolute atomic E-state index is 0.187. The molecule has 0 fully saturated rings. The lowest BCUT2D eigenvalue weighted by molar-refractivity contribution is 0.603. The fraction of sp³-hybridized carbons (Fsp3) is 0.0909. The van der Waals surface area contributed by atoms with Gasteiger partial charge in [-0.25, -0.2) is 12.8 Å². The Morgan fingerprint density at radius 1 is 1.17 bits per heavy atom. The Morgan fingerprint density at radius 3 is 2.39 bits per heavy atom. The molecule has 4 nitrogen and oxygen atoms in total. The highest BCUT2D eigenvalue weighted by atomic mass is 32.2. The van der Waals surface area contributed by atoms with E-state index in [9.17, 15) is 12.8 Å². The van der Waals surface area contributed by atoms with Crippen molar-refractivity contribution in [3.8, 4) is 0 Å². The third-order valence-corrected chi connectivity index (χ3v) is 5.18. The zero-order valence-corrected chi connectivity index (χ0v) is 10.9. The summed E-state index contributed by atoms with van der Waals surface area (Å²) in [5, 5.41) is 0. The van der Waals surface area contributed by atoms with Crippen molar-refractivity contribution in [3.63, 3.8) is 0 Å². The number of thiophene rings is 1. The Bertz CT molecular complexity index is 635. The molecule has 0 aliphatic heterocycles. The summed E-state index contributed by atoms with van der Waals surface area (Å²) < 4.78 is 39.2. The standard InChI is InChI=1S/C11H11FN2O2S2/c12-8-1-3-9(4-2-8)14-18(15,16)11-6-5-10(7-13)17-11/h1-6,14H,7,13H2. The molecule has 2 rings (SSSR count). The molecule has 0 unspecified atom stereocenters. The van der Waals surface area contributed by atoms with Gasteiger partial charge in [0.15, 0.2) is 0 Å². The van der Waals surface area contributed by atoms with Gasteiger partial charge in [0.2, 0.25) is 0 Å². The van der Waals surface area contributed by atoms with E-state index >= 15 is 0 Å². The van der Waals surface area contributed by atoms with Crippen molar-refractivity contribution < 1.29 is 12.8 Å². The second-order valence-corrected chi connectivity index (χ2v) is 6.61. The van der Waals surface area contributed by atoms with Gasteiger partial charge < -0.3 is 5.73 Å². The Morgan fingerprint density at radius 2 is 1.83 bits per heavy atom. The number of nitrogens with two attached hydrogens (primary N) is 1. The summed E-state index contributed by atoms with van der Waals surface area (Å²) >= 11 is 1.11. The summed E-state index contributed by atoms with van der Waals surface area (Å²) in [6, 6.07) is 8.28. The average molecular weight is 286 g/mol. The minimum Gasteiger partial charge on any atom is -0.326 e. The number of halogens is 1. The molecule has 1 aromatic carbocycles. The van der Waals surface area contributed by atoms with Gasteiger partial charge in [0.25, 0.3) is 10.0 Å². The molecule has 0 atom stereocenters. The maximum absolute atomic E-state index is 12.7. The first-order chi connectivity index (χ1) is 8.51. The van der Waals surface area contributed by atoms with Crippen molar-refractivity contribution in [3.05, 3.63) is 47.1 Å². The smallest absolute Gasteiger partial charge is 0.271 e. The van der Waals surface area contributed by atoms with Gasteiger partial charge in [-0.1, -0.05) is 0 Å². The van der Waals surface area contributed by atoms with E-state index in [2.05, 4.69) is 4.72 Å². The number of nitrogens with one attached hydrogen (secondary N) is 1. The molecular weight excluding hydrogens is 275 g/mol. The van der Waals surface area contributed by atoms with Crippen LogP contribution in [0, 0.1) is 5.82 Å². The van der Waals surface area contributed by atoms with Gasteiger partial charge in [0.05, 0.1) is 0 Å². The van der Waals surface area contributed by atoms with Gasteiger partial charge in [0.1, 0.15) is 10.0 Å². The molecule has 0 bridgehead atoms. The van der Waals surface area contributed by atoms with E-state index in [-0.39, 0.29) is 4.21 Å². The van der Waals surface area contributed by atoms with Crippen LogP contribution in [-0.4, -0.2) is 8.42 Å². The zero-order chi connectivity index (χ0) is 13.2. The molecule has 0 amide bonds. The van der Waals surface area contributed by atoms with Crippen molar-refractivity contribution in [2.75, 3.05) is 4.72 Å². The number of benzene rings is 1. The van der Waals surface area contributed by atoms with Crippen LogP contribution in [0.4, 0.5) is 10.1 Å². The van der Waals surface area contributed by atoms with Gasteiger partial charge in [-0.05, 0) is 36.4 Å². The molecule has 96 valence electrons. The van der Waals surface area contributed by atoms with Crippen LogP contribution in [-0.2, 0) is 16.6 Å². The quantitative estimate of drug-likeness (QED) is 0.904. The first-order valence-corrected chi connectivity index (χ1v) is 7.38. The van der Waals surface area contributed by atoms with Crippen molar-refractivity contribution >= 4 is 27.0 Å². The molecule has 0 spiro atoms. The van der Waals surface area contributed by atoms with Crippen LogP contribution in [0.2, 0.25) is 0 Å². The molecule has 18 heavy (non-hydrogen) atoms. The van der Waals surface area contributed by atoms with Crippen LogP contribution in [0.5, 0.6) is 0 Å². The average Bonchev–Trinajstić information content (AvgIpc) is 2.81. The number of hydrogen-bond acceptors (Lipinski definition) is 4. The van der Waals surface area contributed by atoms with Gasteiger partial charge in [-0.15, -0.1) is 11.3 Å². The Balaban J connectivity index is 2.24. The predicted octanol–water partition coefficient (Wildman–Crippen LogP) is 2.15. The lowest BCUT2D eigenvalue weighted by atomic mass is 10.3. The highest BCUT2D eigenvalue weighted by molar-refractivity contribution is 7.94. The SMILES string of the molecule is NCc1ccc(S(=O)(=O)Nc2ccc(F)cc2)s1. The lowest BCUT2D eigenvalue weighted by Gasteiger charge is -2.05. The number of hydrogen-bond donors (Lipinski definition) is 2. The van der Waals surface area contributed by atoms with E-state index in [4.69, 9.17) is 5.73 Å². The fourth-order valence-corrected chi connectivity index (χ4v) is 3.63. The molecule has 0 aliphatic carbocycles. The maximum Gasteiger partial charge on any atom is 0.271 e. The highest BCUT2D eigenvalue weighted by Crippen LogP contribution is 2.23. The van der Waals surface area contributed by atoms with E-state index < -0.39 is 15.8 Å². The van der Waals surface area contributed by atoms with Gasteiger partial charge in [-0.2, -0.15) is 0 Å². The molecule has 0 saturated heterocycles. The van der Waals surface area contributed by atoms with Gasteiger partial charge in [-0.3, -0.25) is 4.72 Å². The van der Waals surface area contributed by atoms with Gasteiger partial charge >= 0.3 is 0 Å². The molecule has 0 radical (unpaired) electrons. The van der Waals surface area contributed by atoms with Crippen LogP contribution >= 0.6 is 11.3 Å².